The average molecular weight is 313 g/mol. The molecule has 5 heteroatoms. The van der Waals surface area contributed by atoms with E-state index >= 15 is 0 Å². The summed E-state index contributed by atoms with van der Waals surface area (Å²) in [5, 5.41) is 0. The fraction of sp³-hybridized carbons (Fsp3) is 0.625. The maximum Gasteiger partial charge on any atom is 0.240 e. The molecule has 0 radical (unpaired) electrons. The van der Waals surface area contributed by atoms with Crippen LogP contribution in [0, 0.1) is 12.8 Å². The molecule has 0 bridgehead atoms. The van der Waals surface area contributed by atoms with Crippen LogP contribution in [0.1, 0.15) is 51.2 Å². The largest absolute Gasteiger partial charge is 0.496 e. The highest BCUT2D eigenvalue weighted by atomic mass is 32.2. The van der Waals surface area contributed by atoms with Gasteiger partial charge in [0.25, 0.3) is 0 Å². The Kier molecular flexibility index (Phi) is 6.23. The van der Waals surface area contributed by atoms with E-state index in [2.05, 4.69) is 18.6 Å². The second-order valence-corrected chi connectivity index (χ2v) is 7.83. The van der Waals surface area contributed by atoms with Gasteiger partial charge in [-0.2, -0.15) is 0 Å². The first kappa shape index (κ1) is 18.0. The molecule has 21 heavy (non-hydrogen) atoms. The van der Waals surface area contributed by atoms with Gasteiger partial charge in [0.15, 0.2) is 0 Å². The van der Waals surface area contributed by atoms with Gasteiger partial charge in [0.2, 0.25) is 10.0 Å². The first-order valence-electron chi connectivity index (χ1n) is 7.37. The lowest BCUT2D eigenvalue weighted by Crippen LogP contribution is -2.26. The third-order valence-electron chi connectivity index (χ3n) is 3.45. The van der Waals surface area contributed by atoms with Gasteiger partial charge < -0.3 is 4.74 Å². The van der Waals surface area contributed by atoms with Gasteiger partial charge in [-0.05, 0) is 48.4 Å². The Morgan fingerprint density at radius 3 is 2.29 bits per heavy atom. The Balaban J connectivity index is 3.14. The van der Waals surface area contributed by atoms with Crippen molar-refractivity contribution in [2.45, 2.75) is 51.9 Å². The van der Waals surface area contributed by atoms with Crippen LogP contribution < -0.4 is 9.46 Å². The van der Waals surface area contributed by atoms with E-state index in [1.54, 1.807) is 26.2 Å². The van der Waals surface area contributed by atoms with Crippen LogP contribution in [0.3, 0.4) is 0 Å². The minimum atomic E-state index is -3.47. The predicted molar refractivity (Wildman–Crippen MR) is 86.5 cm³/mol. The van der Waals surface area contributed by atoms with Gasteiger partial charge >= 0.3 is 0 Å². The quantitative estimate of drug-likeness (QED) is 0.839. The van der Waals surface area contributed by atoms with Crippen molar-refractivity contribution in [1.29, 1.82) is 0 Å². The molecule has 0 aliphatic heterocycles. The van der Waals surface area contributed by atoms with Crippen molar-refractivity contribution in [2.24, 2.45) is 5.92 Å². The summed E-state index contributed by atoms with van der Waals surface area (Å²) in [5.41, 5.74) is 1.61. The van der Waals surface area contributed by atoms with Crippen molar-refractivity contribution in [2.75, 3.05) is 13.7 Å². The number of rotatable bonds is 7. The molecule has 0 heterocycles. The summed E-state index contributed by atoms with van der Waals surface area (Å²) in [6, 6.07) is 3.53. The van der Waals surface area contributed by atoms with Crippen LogP contribution in [-0.4, -0.2) is 22.1 Å². The molecule has 0 aromatic heterocycles. The first-order valence-corrected chi connectivity index (χ1v) is 8.85. The van der Waals surface area contributed by atoms with E-state index in [0.717, 1.165) is 17.7 Å². The first-order chi connectivity index (χ1) is 9.69. The van der Waals surface area contributed by atoms with Gasteiger partial charge in [-0.15, -0.1) is 0 Å². The highest BCUT2D eigenvalue weighted by molar-refractivity contribution is 7.89. The SMILES string of the molecule is COc1cc(C)c(S(=O)(=O)NCCC(C)C)cc1C(C)C. The van der Waals surface area contributed by atoms with Crippen molar-refractivity contribution >= 4 is 10.0 Å². The van der Waals surface area contributed by atoms with Gasteiger partial charge in [0.1, 0.15) is 5.75 Å². The molecule has 0 saturated heterocycles. The average Bonchev–Trinajstić information content (AvgIpc) is 2.36. The van der Waals surface area contributed by atoms with Crippen LogP contribution in [-0.2, 0) is 10.0 Å². The molecule has 1 aromatic carbocycles. The minimum absolute atomic E-state index is 0.199. The molecule has 120 valence electrons. The van der Waals surface area contributed by atoms with E-state index in [0.29, 0.717) is 22.9 Å². The number of aryl methyl sites for hydroxylation is 1. The van der Waals surface area contributed by atoms with Gasteiger partial charge in [0.05, 0.1) is 12.0 Å². The lowest BCUT2D eigenvalue weighted by Gasteiger charge is -2.17. The monoisotopic (exact) mass is 313 g/mol. The number of ether oxygens (including phenoxy) is 1. The summed E-state index contributed by atoms with van der Waals surface area (Å²) < 4.78 is 32.9. The molecule has 0 aliphatic rings. The molecule has 1 aromatic rings. The number of methoxy groups -OCH3 is 1. The molecule has 0 saturated carbocycles. The van der Waals surface area contributed by atoms with Crippen LogP contribution in [0.4, 0.5) is 0 Å². The van der Waals surface area contributed by atoms with E-state index in [-0.39, 0.29) is 5.92 Å². The molecule has 0 amide bonds. The molecule has 1 N–H and O–H groups in total. The van der Waals surface area contributed by atoms with Gasteiger partial charge in [-0.3, -0.25) is 0 Å². The highest BCUT2D eigenvalue weighted by Crippen LogP contribution is 2.31. The zero-order valence-corrected chi connectivity index (χ0v) is 14.7. The topological polar surface area (TPSA) is 55.4 Å². The van der Waals surface area contributed by atoms with Crippen molar-refractivity contribution in [1.82, 2.24) is 4.72 Å². The number of hydrogen-bond acceptors (Lipinski definition) is 3. The predicted octanol–water partition coefficient (Wildman–Crippen LogP) is 3.45. The maximum absolute atomic E-state index is 12.5. The standard InChI is InChI=1S/C16H27NO3S/c1-11(2)7-8-17-21(18,19)16-10-14(12(3)4)15(20-6)9-13(16)5/h9-12,17H,7-8H2,1-6H3. The van der Waals surface area contributed by atoms with Crippen LogP contribution in [0.25, 0.3) is 0 Å². The van der Waals surface area contributed by atoms with Gasteiger partial charge in [-0.25, -0.2) is 13.1 Å². The summed E-state index contributed by atoms with van der Waals surface area (Å²) in [4.78, 5) is 0.343. The molecular formula is C16H27NO3S. The van der Waals surface area contributed by atoms with E-state index in [1.165, 1.54) is 0 Å². The third kappa shape index (κ3) is 4.71. The van der Waals surface area contributed by atoms with Crippen LogP contribution in [0.2, 0.25) is 0 Å². The van der Waals surface area contributed by atoms with Crippen molar-refractivity contribution in [3.63, 3.8) is 0 Å². The molecule has 1 rings (SSSR count). The Morgan fingerprint density at radius 2 is 1.81 bits per heavy atom. The Bertz CT molecular complexity index is 577. The Labute approximate surface area is 129 Å². The van der Waals surface area contributed by atoms with Crippen LogP contribution >= 0.6 is 0 Å². The lowest BCUT2D eigenvalue weighted by atomic mass is 10.0. The molecule has 4 nitrogen and oxygen atoms in total. The second-order valence-electron chi connectivity index (χ2n) is 6.09. The van der Waals surface area contributed by atoms with Gasteiger partial charge in [-0.1, -0.05) is 27.7 Å². The fourth-order valence-corrected chi connectivity index (χ4v) is 3.46. The van der Waals surface area contributed by atoms with E-state index in [9.17, 15) is 8.42 Å². The fourth-order valence-electron chi connectivity index (χ4n) is 2.15. The summed E-state index contributed by atoms with van der Waals surface area (Å²) >= 11 is 0. The molecule has 0 fully saturated rings. The Morgan fingerprint density at radius 1 is 1.19 bits per heavy atom. The molecule has 0 spiro atoms. The highest BCUT2D eigenvalue weighted by Gasteiger charge is 2.20. The van der Waals surface area contributed by atoms with Crippen molar-refractivity contribution in [3.8, 4) is 5.75 Å². The summed E-state index contributed by atoms with van der Waals surface area (Å²) in [7, 11) is -1.87. The number of sulfonamides is 1. The number of benzene rings is 1. The zero-order chi connectivity index (χ0) is 16.2. The summed E-state index contributed by atoms with van der Waals surface area (Å²) in [6.07, 6.45) is 0.825. The zero-order valence-electron chi connectivity index (χ0n) is 13.9. The summed E-state index contributed by atoms with van der Waals surface area (Å²) in [6.45, 7) is 10.4. The van der Waals surface area contributed by atoms with Gasteiger partial charge in [0, 0.05) is 6.54 Å². The van der Waals surface area contributed by atoms with E-state index in [4.69, 9.17) is 4.74 Å². The minimum Gasteiger partial charge on any atom is -0.496 e. The third-order valence-corrected chi connectivity index (χ3v) is 5.06. The maximum atomic E-state index is 12.5. The smallest absolute Gasteiger partial charge is 0.240 e. The van der Waals surface area contributed by atoms with Crippen LogP contribution in [0.5, 0.6) is 5.75 Å². The van der Waals surface area contributed by atoms with Crippen LogP contribution in [0.15, 0.2) is 17.0 Å². The molecule has 0 unspecified atom stereocenters. The second kappa shape index (κ2) is 7.27. The molecular weight excluding hydrogens is 286 g/mol. The molecule has 0 atom stereocenters. The lowest BCUT2D eigenvalue weighted by molar-refractivity contribution is 0.406. The van der Waals surface area contributed by atoms with E-state index < -0.39 is 10.0 Å². The van der Waals surface area contributed by atoms with Crippen molar-refractivity contribution in [3.05, 3.63) is 23.3 Å². The van der Waals surface area contributed by atoms with E-state index in [1.807, 2.05) is 13.8 Å². The Hall–Kier alpha value is -1.07. The van der Waals surface area contributed by atoms with Crippen molar-refractivity contribution < 1.29 is 13.2 Å². The number of hydrogen-bond donors (Lipinski definition) is 1. The molecule has 0 aliphatic carbocycles. The number of nitrogens with one attached hydrogen (secondary N) is 1. The summed E-state index contributed by atoms with van der Waals surface area (Å²) in [5.74, 6) is 1.41. The normalized spacial score (nSPS) is 12.2.